The van der Waals surface area contributed by atoms with E-state index in [1.54, 1.807) is 7.11 Å². The third-order valence-electron chi connectivity index (χ3n) is 5.93. The van der Waals surface area contributed by atoms with Crippen LogP contribution in [0.5, 0.6) is 5.75 Å². The van der Waals surface area contributed by atoms with Gasteiger partial charge in [0.15, 0.2) is 0 Å². The first-order valence-corrected chi connectivity index (χ1v) is 10.4. The Bertz CT molecular complexity index is 989. The van der Waals surface area contributed by atoms with E-state index >= 15 is 0 Å². The molecule has 2 aliphatic heterocycles. The van der Waals surface area contributed by atoms with Gasteiger partial charge in [0, 0.05) is 26.2 Å². The second-order valence-electron chi connectivity index (χ2n) is 7.61. The van der Waals surface area contributed by atoms with E-state index in [0.717, 1.165) is 43.9 Å². The zero-order valence-electron chi connectivity index (χ0n) is 17.7. The molecule has 6 heteroatoms. The first-order chi connectivity index (χ1) is 14.5. The van der Waals surface area contributed by atoms with Gasteiger partial charge >= 0.3 is 0 Å². The molecule has 0 atom stereocenters. The van der Waals surface area contributed by atoms with Crippen LogP contribution >= 0.6 is 0 Å². The Hall–Kier alpha value is -3.12. The number of nitrogens with zero attached hydrogens (tertiary/aromatic N) is 3. The largest absolute Gasteiger partial charge is 0.497 e. The minimum absolute atomic E-state index is 0.245. The molecule has 30 heavy (non-hydrogen) atoms. The smallest absolute Gasteiger partial charge is 0.282 e. The number of carbonyl (C=O) groups is 2. The summed E-state index contributed by atoms with van der Waals surface area (Å²) in [5.74, 6) is 0.197. The quantitative estimate of drug-likeness (QED) is 0.716. The van der Waals surface area contributed by atoms with Crippen LogP contribution in [0.4, 0.5) is 5.69 Å². The van der Waals surface area contributed by atoms with Gasteiger partial charge in [-0.25, -0.2) is 4.90 Å². The normalized spacial score (nSPS) is 17.8. The summed E-state index contributed by atoms with van der Waals surface area (Å²) >= 11 is 0. The number of imide groups is 1. The van der Waals surface area contributed by atoms with E-state index in [-0.39, 0.29) is 11.8 Å². The van der Waals surface area contributed by atoms with Crippen LogP contribution in [0.25, 0.3) is 5.57 Å². The van der Waals surface area contributed by atoms with Crippen LogP contribution in [0.3, 0.4) is 0 Å². The van der Waals surface area contributed by atoms with Crippen molar-refractivity contribution >= 4 is 23.1 Å². The summed E-state index contributed by atoms with van der Waals surface area (Å²) in [4.78, 5) is 32.9. The first kappa shape index (κ1) is 20.2. The van der Waals surface area contributed by atoms with E-state index in [0.29, 0.717) is 22.7 Å². The van der Waals surface area contributed by atoms with Crippen LogP contribution in [0.2, 0.25) is 0 Å². The number of para-hydroxylation sites is 1. The van der Waals surface area contributed by atoms with Gasteiger partial charge in [-0.1, -0.05) is 37.3 Å². The van der Waals surface area contributed by atoms with Gasteiger partial charge in [0.25, 0.3) is 11.8 Å². The molecule has 0 aliphatic carbocycles. The fourth-order valence-corrected chi connectivity index (χ4v) is 4.15. The predicted molar refractivity (Wildman–Crippen MR) is 117 cm³/mol. The van der Waals surface area contributed by atoms with E-state index in [1.165, 1.54) is 4.90 Å². The number of hydrogen-bond acceptors (Lipinski definition) is 5. The van der Waals surface area contributed by atoms with Gasteiger partial charge in [-0.2, -0.15) is 0 Å². The SMILES string of the molecule is CCN1CCN(C2=C(c3ccc(OC)cc3)C(=O)N(c3ccccc3C)C2=O)CC1. The van der Waals surface area contributed by atoms with Gasteiger partial charge in [0.2, 0.25) is 0 Å². The predicted octanol–water partition coefficient (Wildman–Crippen LogP) is 2.93. The molecule has 0 aromatic heterocycles. The Morgan fingerprint density at radius 3 is 2.17 bits per heavy atom. The lowest BCUT2D eigenvalue weighted by atomic mass is 10.0. The molecule has 1 fully saturated rings. The number of piperazine rings is 1. The van der Waals surface area contributed by atoms with Crippen molar-refractivity contribution in [3.8, 4) is 5.75 Å². The highest BCUT2D eigenvalue weighted by atomic mass is 16.5. The van der Waals surface area contributed by atoms with E-state index in [9.17, 15) is 9.59 Å². The Kier molecular flexibility index (Phi) is 5.59. The number of benzene rings is 2. The van der Waals surface area contributed by atoms with Crippen LogP contribution in [0.1, 0.15) is 18.1 Å². The van der Waals surface area contributed by atoms with Crippen molar-refractivity contribution in [2.24, 2.45) is 0 Å². The van der Waals surface area contributed by atoms with Crippen LogP contribution in [0, 0.1) is 6.92 Å². The van der Waals surface area contributed by atoms with Crippen molar-refractivity contribution in [3.05, 3.63) is 65.4 Å². The van der Waals surface area contributed by atoms with Gasteiger partial charge in [-0.05, 0) is 42.8 Å². The molecule has 1 saturated heterocycles. The number of rotatable bonds is 5. The molecule has 6 nitrogen and oxygen atoms in total. The van der Waals surface area contributed by atoms with Crippen molar-refractivity contribution in [1.82, 2.24) is 9.80 Å². The maximum absolute atomic E-state index is 13.6. The number of amides is 2. The van der Waals surface area contributed by atoms with Crippen molar-refractivity contribution in [3.63, 3.8) is 0 Å². The van der Waals surface area contributed by atoms with Gasteiger partial charge in [0.1, 0.15) is 11.4 Å². The lowest BCUT2D eigenvalue weighted by molar-refractivity contribution is -0.120. The van der Waals surface area contributed by atoms with E-state index in [2.05, 4.69) is 16.7 Å². The Balaban J connectivity index is 1.78. The second-order valence-corrected chi connectivity index (χ2v) is 7.61. The summed E-state index contributed by atoms with van der Waals surface area (Å²) in [6.45, 7) is 8.25. The summed E-state index contributed by atoms with van der Waals surface area (Å²) in [6, 6.07) is 14.9. The Labute approximate surface area is 177 Å². The fourth-order valence-electron chi connectivity index (χ4n) is 4.15. The zero-order chi connectivity index (χ0) is 21.3. The highest BCUT2D eigenvalue weighted by Crippen LogP contribution is 2.36. The minimum Gasteiger partial charge on any atom is -0.497 e. The Morgan fingerprint density at radius 1 is 0.900 bits per heavy atom. The standard InChI is InChI=1S/C24H27N3O3/c1-4-25-13-15-26(16-14-25)22-21(18-9-11-19(30-3)12-10-18)23(28)27(24(22)29)20-8-6-5-7-17(20)2/h5-12H,4,13-16H2,1-3H3. The summed E-state index contributed by atoms with van der Waals surface area (Å²) < 4.78 is 5.26. The third-order valence-corrected chi connectivity index (χ3v) is 5.93. The number of likely N-dealkylation sites (N-methyl/N-ethyl adjacent to an activating group) is 1. The molecule has 0 radical (unpaired) electrons. The number of methoxy groups -OCH3 is 1. The minimum atomic E-state index is -0.271. The molecule has 0 saturated carbocycles. The van der Waals surface area contributed by atoms with Gasteiger partial charge < -0.3 is 14.5 Å². The zero-order valence-corrected chi connectivity index (χ0v) is 17.7. The molecule has 2 amide bonds. The first-order valence-electron chi connectivity index (χ1n) is 10.4. The Morgan fingerprint density at radius 2 is 1.57 bits per heavy atom. The number of anilines is 1. The van der Waals surface area contributed by atoms with Gasteiger partial charge in [-0.15, -0.1) is 0 Å². The molecule has 156 valence electrons. The molecule has 2 aromatic carbocycles. The molecule has 0 unspecified atom stereocenters. The summed E-state index contributed by atoms with van der Waals surface area (Å²) in [6.07, 6.45) is 0. The molecular weight excluding hydrogens is 378 g/mol. The topological polar surface area (TPSA) is 53.1 Å². The molecule has 4 rings (SSSR count). The molecule has 2 heterocycles. The summed E-state index contributed by atoms with van der Waals surface area (Å²) in [5, 5.41) is 0. The molecule has 0 spiro atoms. The van der Waals surface area contributed by atoms with E-state index < -0.39 is 0 Å². The van der Waals surface area contributed by atoms with Gasteiger partial charge in [-0.3, -0.25) is 9.59 Å². The van der Waals surface area contributed by atoms with E-state index in [1.807, 2.05) is 55.5 Å². The maximum atomic E-state index is 13.6. The lowest BCUT2D eigenvalue weighted by Gasteiger charge is -2.36. The maximum Gasteiger partial charge on any atom is 0.282 e. The number of hydrogen-bond donors (Lipinski definition) is 0. The van der Waals surface area contributed by atoms with Crippen LogP contribution in [-0.4, -0.2) is 61.4 Å². The van der Waals surface area contributed by atoms with Crippen LogP contribution in [0.15, 0.2) is 54.2 Å². The molecule has 2 aromatic rings. The molecule has 0 bridgehead atoms. The fraction of sp³-hybridized carbons (Fsp3) is 0.333. The summed E-state index contributed by atoms with van der Waals surface area (Å²) in [5.41, 5.74) is 3.24. The number of ether oxygens (including phenoxy) is 1. The molecular formula is C24H27N3O3. The average Bonchev–Trinajstić information content (AvgIpc) is 3.04. The third kappa shape index (κ3) is 3.48. The monoisotopic (exact) mass is 405 g/mol. The summed E-state index contributed by atoms with van der Waals surface area (Å²) in [7, 11) is 1.61. The van der Waals surface area contributed by atoms with Crippen molar-refractivity contribution < 1.29 is 14.3 Å². The highest BCUT2D eigenvalue weighted by Gasteiger charge is 2.43. The van der Waals surface area contributed by atoms with Crippen molar-refractivity contribution in [1.29, 1.82) is 0 Å². The molecule has 2 aliphatic rings. The highest BCUT2D eigenvalue weighted by molar-refractivity contribution is 6.45. The second kappa shape index (κ2) is 8.32. The van der Waals surface area contributed by atoms with Crippen molar-refractivity contribution in [2.45, 2.75) is 13.8 Å². The lowest BCUT2D eigenvalue weighted by Crippen LogP contribution is -2.47. The van der Waals surface area contributed by atoms with Crippen molar-refractivity contribution in [2.75, 3.05) is 44.7 Å². The van der Waals surface area contributed by atoms with Crippen LogP contribution in [-0.2, 0) is 9.59 Å². The average molecular weight is 405 g/mol. The number of carbonyl (C=O) groups excluding carboxylic acids is 2. The van der Waals surface area contributed by atoms with Gasteiger partial charge in [0.05, 0.1) is 18.4 Å². The molecule has 0 N–H and O–H groups in total. The number of aryl methyl sites for hydroxylation is 1. The van der Waals surface area contributed by atoms with Crippen LogP contribution < -0.4 is 9.64 Å². The van der Waals surface area contributed by atoms with E-state index in [4.69, 9.17) is 4.74 Å².